The first-order valence-electron chi connectivity index (χ1n) is 10.8. The molecular formula is C24H22F3N7O2. The highest BCUT2D eigenvalue weighted by Gasteiger charge is 2.34. The number of rotatable bonds is 7. The fourth-order valence-electron chi connectivity index (χ4n) is 3.40. The Bertz CT molecular complexity index is 1360. The molecule has 1 amide bonds. The van der Waals surface area contributed by atoms with E-state index in [0.29, 0.717) is 17.2 Å². The summed E-state index contributed by atoms with van der Waals surface area (Å²) >= 11 is 0. The maximum Gasteiger partial charge on any atom is 0.451 e. The van der Waals surface area contributed by atoms with Crippen molar-refractivity contribution in [2.24, 2.45) is 0 Å². The van der Waals surface area contributed by atoms with Crippen molar-refractivity contribution in [3.8, 4) is 22.4 Å². The van der Waals surface area contributed by atoms with E-state index in [1.807, 2.05) is 32.0 Å². The Labute approximate surface area is 203 Å². The second-order valence-corrected chi connectivity index (χ2v) is 8.12. The van der Waals surface area contributed by atoms with E-state index in [0.717, 1.165) is 34.6 Å². The molecule has 12 heteroatoms. The average molecular weight is 497 g/mol. The summed E-state index contributed by atoms with van der Waals surface area (Å²) in [4.78, 5) is 23.7. The lowest BCUT2D eigenvalue weighted by Crippen LogP contribution is -2.20. The van der Waals surface area contributed by atoms with E-state index in [1.165, 1.54) is 0 Å². The number of hydrogen-bond acceptors (Lipinski definition) is 7. The molecule has 0 saturated heterocycles. The molecule has 0 aliphatic rings. The number of carbonyl (C=O) groups excluding carboxylic acids is 1. The van der Waals surface area contributed by atoms with Gasteiger partial charge in [0.15, 0.2) is 0 Å². The number of aromatic amines is 1. The summed E-state index contributed by atoms with van der Waals surface area (Å²) in [5.74, 6) is -1.42. The predicted octanol–water partition coefficient (Wildman–Crippen LogP) is 4.30. The predicted molar refractivity (Wildman–Crippen MR) is 127 cm³/mol. The molecule has 0 bridgehead atoms. The van der Waals surface area contributed by atoms with Crippen LogP contribution in [-0.2, 0) is 6.18 Å². The third-order valence-corrected chi connectivity index (χ3v) is 5.26. The fraction of sp³-hybridized carbons (Fsp3) is 0.208. The number of aliphatic hydroxyl groups is 1. The molecule has 9 nitrogen and oxygen atoms in total. The number of H-pyrrole nitrogens is 1. The third kappa shape index (κ3) is 5.66. The summed E-state index contributed by atoms with van der Waals surface area (Å²) in [7, 11) is 0. The van der Waals surface area contributed by atoms with Crippen LogP contribution in [0.2, 0.25) is 0 Å². The Morgan fingerprint density at radius 1 is 1.11 bits per heavy atom. The maximum atomic E-state index is 12.7. The number of anilines is 2. The maximum absolute atomic E-state index is 12.7. The first-order valence-corrected chi connectivity index (χ1v) is 10.8. The number of nitrogens with zero attached hydrogens (tertiary/aromatic N) is 4. The quantitative estimate of drug-likeness (QED) is 0.300. The van der Waals surface area contributed by atoms with E-state index >= 15 is 0 Å². The number of aliphatic hydroxyl groups excluding tert-OH is 1. The first-order chi connectivity index (χ1) is 17.1. The second-order valence-electron chi connectivity index (χ2n) is 8.12. The van der Waals surface area contributed by atoms with Gasteiger partial charge in [-0.05, 0) is 54.8 Å². The number of alkyl halides is 3. The molecule has 0 unspecified atom stereocenters. The van der Waals surface area contributed by atoms with Crippen LogP contribution >= 0.6 is 0 Å². The van der Waals surface area contributed by atoms with Gasteiger partial charge < -0.3 is 15.7 Å². The number of nitrogens with one attached hydrogen (secondary N) is 3. The van der Waals surface area contributed by atoms with Crippen LogP contribution in [0.5, 0.6) is 0 Å². The monoisotopic (exact) mass is 497 g/mol. The third-order valence-electron chi connectivity index (χ3n) is 5.26. The Morgan fingerprint density at radius 3 is 2.50 bits per heavy atom. The van der Waals surface area contributed by atoms with E-state index < -0.39 is 17.9 Å². The van der Waals surface area contributed by atoms with Gasteiger partial charge in [-0.3, -0.25) is 9.89 Å². The summed E-state index contributed by atoms with van der Waals surface area (Å²) in [6.45, 7) is 3.64. The Hall–Kier alpha value is -4.32. The van der Waals surface area contributed by atoms with Crippen LogP contribution in [0.15, 0.2) is 55.1 Å². The van der Waals surface area contributed by atoms with E-state index in [4.69, 9.17) is 0 Å². The van der Waals surface area contributed by atoms with Crippen molar-refractivity contribution in [1.82, 2.24) is 25.1 Å². The molecule has 0 radical (unpaired) electrons. The van der Waals surface area contributed by atoms with Gasteiger partial charge in [0.1, 0.15) is 5.82 Å². The van der Waals surface area contributed by atoms with Gasteiger partial charge in [0.05, 0.1) is 24.1 Å². The molecule has 3 heterocycles. The Morgan fingerprint density at radius 2 is 1.86 bits per heavy atom. The highest BCUT2D eigenvalue weighted by molar-refractivity contribution is 6.04. The van der Waals surface area contributed by atoms with Gasteiger partial charge in [-0.2, -0.15) is 18.3 Å². The van der Waals surface area contributed by atoms with Crippen molar-refractivity contribution in [2.45, 2.75) is 26.1 Å². The van der Waals surface area contributed by atoms with Crippen molar-refractivity contribution in [1.29, 1.82) is 0 Å². The van der Waals surface area contributed by atoms with Gasteiger partial charge in [-0.15, -0.1) is 0 Å². The van der Waals surface area contributed by atoms with Gasteiger partial charge in [-0.1, -0.05) is 6.07 Å². The van der Waals surface area contributed by atoms with Gasteiger partial charge in [0.25, 0.3) is 5.91 Å². The summed E-state index contributed by atoms with van der Waals surface area (Å²) in [5, 5.41) is 22.0. The smallest absolute Gasteiger partial charge is 0.394 e. The molecule has 36 heavy (non-hydrogen) atoms. The number of amides is 1. The molecule has 0 saturated carbocycles. The number of aryl methyl sites for hydroxylation is 1. The minimum absolute atomic E-state index is 0.0822. The summed E-state index contributed by atoms with van der Waals surface area (Å²) < 4.78 is 38.1. The van der Waals surface area contributed by atoms with Crippen LogP contribution < -0.4 is 10.6 Å². The molecule has 186 valence electrons. The molecule has 0 aliphatic heterocycles. The van der Waals surface area contributed by atoms with Gasteiger partial charge in [0.2, 0.25) is 5.82 Å². The van der Waals surface area contributed by atoms with Crippen molar-refractivity contribution in [3.63, 3.8) is 0 Å². The van der Waals surface area contributed by atoms with Crippen LogP contribution in [0.3, 0.4) is 0 Å². The number of pyridine rings is 1. The van der Waals surface area contributed by atoms with E-state index in [2.05, 4.69) is 35.8 Å². The summed E-state index contributed by atoms with van der Waals surface area (Å²) in [6, 6.07) is 8.72. The molecule has 4 rings (SSSR count). The largest absolute Gasteiger partial charge is 0.451 e. The van der Waals surface area contributed by atoms with Gasteiger partial charge in [0, 0.05) is 35.9 Å². The number of aromatic nitrogens is 5. The number of carbonyl (C=O) groups is 1. The van der Waals surface area contributed by atoms with Gasteiger partial charge in [-0.25, -0.2) is 15.0 Å². The van der Waals surface area contributed by atoms with E-state index in [9.17, 15) is 23.1 Å². The van der Waals surface area contributed by atoms with Crippen LogP contribution in [-0.4, -0.2) is 48.8 Å². The second kappa shape index (κ2) is 10.1. The zero-order valence-electron chi connectivity index (χ0n) is 19.3. The van der Waals surface area contributed by atoms with Crippen molar-refractivity contribution >= 4 is 17.4 Å². The molecule has 3 aromatic heterocycles. The molecule has 4 aromatic rings. The van der Waals surface area contributed by atoms with Crippen molar-refractivity contribution in [3.05, 3.63) is 72.1 Å². The molecular weight excluding hydrogens is 475 g/mol. The van der Waals surface area contributed by atoms with Crippen molar-refractivity contribution in [2.75, 3.05) is 17.2 Å². The standard InChI is InChI=1S/C24H22F3N7O2/c1-13-3-4-18(33-22(36)17-8-28-23(29-9-17)24(25,26)27)7-19(13)15-5-20(16-10-30-31-11-16)34-21(6-15)32-14(2)12-35/h3-11,14,35H,12H2,1-2H3,(H,30,31)(H,32,34)(H,33,36)/t14-/m1/s1. The van der Waals surface area contributed by atoms with E-state index in [-0.39, 0.29) is 18.2 Å². The average Bonchev–Trinajstić information content (AvgIpc) is 3.39. The number of hydrogen-bond donors (Lipinski definition) is 4. The molecule has 0 fully saturated rings. The molecule has 1 atom stereocenters. The SMILES string of the molecule is Cc1ccc(NC(=O)c2cnc(C(F)(F)F)nc2)cc1-c1cc(N[C@H](C)CO)nc(-c2cn[nH]c2)c1. The number of halogens is 3. The van der Waals surface area contributed by atoms with Crippen LogP contribution in [0, 0.1) is 6.92 Å². The van der Waals surface area contributed by atoms with Crippen LogP contribution in [0.25, 0.3) is 22.4 Å². The Balaban J connectivity index is 1.65. The minimum Gasteiger partial charge on any atom is -0.394 e. The van der Waals surface area contributed by atoms with Crippen molar-refractivity contribution < 1.29 is 23.1 Å². The summed E-state index contributed by atoms with van der Waals surface area (Å²) in [5.41, 5.74) is 4.23. The highest BCUT2D eigenvalue weighted by atomic mass is 19.4. The normalized spacial score (nSPS) is 12.3. The zero-order chi connectivity index (χ0) is 25.9. The molecule has 0 spiro atoms. The summed E-state index contributed by atoms with van der Waals surface area (Å²) in [6.07, 6.45) is 0.326. The first kappa shape index (κ1) is 24.8. The minimum atomic E-state index is -4.69. The van der Waals surface area contributed by atoms with E-state index in [1.54, 1.807) is 24.5 Å². The topological polar surface area (TPSA) is 129 Å². The Kier molecular flexibility index (Phi) is 6.97. The van der Waals surface area contributed by atoms with Crippen LogP contribution in [0.4, 0.5) is 24.7 Å². The fourth-order valence-corrected chi connectivity index (χ4v) is 3.40. The molecule has 4 N–H and O–H groups in total. The highest BCUT2D eigenvalue weighted by Crippen LogP contribution is 2.32. The zero-order valence-corrected chi connectivity index (χ0v) is 19.3. The van der Waals surface area contributed by atoms with Gasteiger partial charge >= 0.3 is 6.18 Å². The number of benzene rings is 1. The molecule has 0 aliphatic carbocycles. The lowest BCUT2D eigenvalue weighted by atomic mass is 9.98. The van der Waals surface area contributed by atoms with Crippen LogP contribution in [0.1, 0.15) is 28.7 Å². The lowest BCUT2D eigenvalue weighted by Gasteiger charge is -2.16. The lowest BCUT2D eigenvalue weighted by molar-refractivity contribution is -0.145. The molecule has 1 aromatic carbocycles.